The van der Waals surface area contributed by atoms with Gasteiger partial charge in [-0.1, -0.05) is 0 Å². The van der Waals surface area contributed by atoms with E-state index in [4.69, 9.17) is 9.47 Å². The molecular weight excluding hydrogens is 234 g/mol. The lowest BCUT2D eigenvalue weighted by Gasteiger charge is -2.34. The zero-order valence-corrected chi connectivity index (χ0v) is 10.5. The largest absolute Gasteiger partial charge is 0.458 e. The fourth-order valence-electron chi connectivity index (χ4n) is 3.43. The normalized spacial score (nSPS) is 30.8. The molecule has 1 atom stereocenters. The predicted molar refractivity (Wildman–Crippen MR) is 62.8 cm³/mol. The smallest absolute Gasteiger partial charge is 0.307 e. The molecule has 3 fully saturated rings. The number of amides is 1. The van der Waals surface area contributed by atoms with Gasteiger partial charge in [0.25, 0.3) is 0 Å². The van der Waals surface area contributed by atoms with Crippen LogP contribution in [0.1, 0.15) is 32.1 Å². The van der Waals surface area contributed by atoms with E-state index in [1.165, 1.54) is 0 Å². The third-order valence-corrected chi connectivity index (χ3v) is 4.39. The van der Waals surface area contributed by atoms with Gasteiger partial charge < -0.3 is 14.4 Å². The first-order valence-electron chi connectivity index (χ1n) is 6.80. The van der Waals surface area contributed by atoms with E-state index in [-0.39, 0.29) is 24.2 Å². The summed E-state index contributed by atoms with van der Waals surface area (Å²) < 4.78 is 10.8. The van der Waals surface area contributed by atoms with E-state index in [0.29, 0.717) is 26.3 Å². The van der Waals surface area contributed by atoms with Crippen LogP contribution < -0.4 is 0 Å². The third-order valence-electron chi connectivity index (χ3n) is 4.39. The summed E-state index contributed by atoms with van der Waals surface area (Å²) in [5.41, 5.74) is -0.480. The number of esters is 1. The summed E-state index contributed by atoms with van der Waals surface area (Å²) in [7, 11) is 0. The molecule has 100 valence electrons. The highest BCUT2D eigenvalue weighted by molar-refractivity contribution is 5.88. The SMILES string of the molecule is O=C1C[C@@H](C(=O)N2CCOCC2)C2(CCCC2)O1. The average Bonchev–Trinajstić information content (AvgIpc) is 2.98. The summed E-state index contributed by atoms with van der Waals surface area (Å²) in [5, 5.41) is 0. The molecule has 1 amide bonds. The van der Waals surface area contributed by atoms with Gasteiger partial charge in [0.15, 0.2) is 0 Å². The van der Waals surface area contributed by atoms with Gasteiger partial charge in [-0.15, -0.1) is 0 Å². The van der Waals surface area contributed by atoms with Gasteiger partial charge in [-0.3, -0.25) is 9.59 Å². The van der Waals surface area contributed by atoms with E-state index >= 15 is 0 Å². The van der Waals surface area contributed by atoms with Crippen LogP contribution in [0.4, 0.5) is 0 Å². The molecule has 5 nitrogen and oxygen atoms in total. The van der Waals surface area contributed by atoms with Crippen molar-refractivity contribution in [1.29, 1.82) is 0 Å². The van der Waals surface area contributed by atoms with Gasteiger partial charge in [-0.2, -0.15) is 0 Å². The summed E-state index contributed by atoms with van der Waals surface area (Å²) in [6, 6.07) is 0. The first kappa shape index (κ1) is 12.0. The van der Waals surface area contributed by atoms with Gasteiger partial charge in [0.2, 0.25) is 5.91 Å². The summed E-state index contributed by atoms with van der Waals surface area (Å²) in [6.07, 6.45) is 4.06. The van der Waals surface area contributed by atoms with Crippen molar-refractivity contribution in [2.45, 2.75) is 37.7 Å². The van der Waals surface area contributed by atoms with Crippen LogP contribution in [0.5, 0.6) is 0 Å². The minimum Gasteiger partial charge on any atom is -0.458 e. The third kappa shape index (κ3) is 1.90. The van der Waals surface area contributed by atoms with Gasteiger partial charge in [0.05, 0.1) is 25.6 Å². The molecule has 18 heavy (non-hydrogen) atoms. The Balaban J connectivity index is 1.76. The molecule has 2 heterocycles. The summed E-state index contributed by atoms with van der Waals surface area (Å²) >= 11 is 0. The maximum atomic E-state index is 12.5. The number of carbonyl (C=O) groups is 2. The van der Waals surface area contributed by atoms with E-state index < -0.39 is 5.60 Å². The minimum absolute atomic E-state index is 0.0889. The Hall–Kier alpha value is -1.10. The molecule has 0 aromatic carbocycles. The van der Waals surface area contributed by atoms with Gasteiger partial charge in [0.1, 0.15) is 5.60 Å². The van der Waals surface area contributed by atoms with Crippen LogP contribution in [0.25, 0.3) is 0 Å². The molecule has 2 aliphatic heterocycles. The number of ether oxygens (including phenoxy) is 2. The van der Waals surface area contributed by atoms with Gasteiger partial charge >= 0.3 is 5.97 Å². The maximum Gasteiger partial charge on any atom is 0.307 e. The van der Waals surface area contributed by atoms with E-state index in [0.717, 1.165) is 25.7 Å². The van der Waals surface area contributed by atoms with Crippen LogP contribution in [-0.2, 0) is 19.1 Å². The van der Waals surface area contributed by atoms with Crippen molar-refractivity contribution in [3.63, 3.8) is 0 Å². The topological polar surface area (TPSA) is 55.8 Å². The van der Waals surface area contributed by atoms with Crippen molar-refractivity contribution in [3.8, 4) is 0 Å². The van der Waals surface area contributed by atoms with Crippen molar-refractivity contribution >= 4 is 11.9 Å². The summed E-state index contributed by atoms with van der Waals surface area (Å²) in [4.78, 5) is 26.0. The number of morpholine rings is 1. The lowest BCUT2D eigenvalue weighted by atomic mass is 9.84. The van der Waals surface area contributed by atoms with Gasteiger partial charge in [-0.05, 0) is 25.7 Å². The van der Waals surface area contributed by atoms with Crippen LogP contribution in [0, 0.1) is 5.92 Å². The first-order valence-corrected chi connectivity index (χ1v) is 6.80. The number of rotatable bonds is 1. The standard InChI is InChI=1S/C13H19NO4/c15-11-9-10(13(18-11)3-1-2-4-13)12(16)14-5-7-17-8-6-14/h10H,1-9H2/t10-/m0/s1. The Morgan fingerprint density at radius 3 is 2.56 bits per heavy atom. The molecule has 0 bridgehead atoms. The molecule has 3 rings (SSSR count). The molecule has 1 spiro atoms. The Morgan fingerprint density at radius 2 is 1.89 bits per heavy atom. The number of hydrogen-bond donors (Lipinski definition) is 0. The van der Waals surface area contributed by atoms with Crippen molar-refractivity contribution in [2.24, 2.45) is 5.92 Å². The highest BCUT2D eigenvalue weighted by Crippen LogP contribution is 2.46. The Bertz CT molecular complexity index is 356. The first-order chi connectivity index (χ1) is 8.71. The van der Waals surface area contributed by atoms with Crippen LogP contribution in [-0.4, -0.2) is 48.7 Å². The fourth-order valence-corrected chi connectivity index (χ4v) is 3.43. The van der Waals surface area contributed by atoms with Crippen molar-refractivity contribution < 1.29 is 19.1 Å². The zero-order chi connectivity index (χ0) is 12.6. The van der Waals surface area contributed by atoms with Crippen LogP contribution in [0.15, 0.2) is 0 Å². The molecule has 0 aromatic rings. The van der Waals surface area contributed by atoms with Crippen molar-refractivity contribution in [3.05, 3.63) is 0 Å². The quantitative estimate of drug-likeness (QED) is 0.646. The molecule has 5 heteroatoms. The molecule has 2 saturated heterocycles. The lowest BCUT2D eigenvalue weighted by molar-refractivity contribution is -0.152. The van der Waals surface area contributed by atoms with E-state index in [2.05, 4.69) is 0 Å². The van der Waals surface area contributed by atoms with E-state index in [1.807, 2.05) is 4.90 Å². The van der Waals surface area contributed by atoms with Crippen LogP contribution in [0.3, 0.4) is 0 Å². The van der Waals surface area contributed by atoms with E-state index in [1.54, 1.807) is 0 Å². The average molecular weight is 253 g/mol. The van der Waals surface area contributed by atoms with Gasteiger partial charge in [-0.25, -0.2) is 0 Å². The van der Waals surface area contributed by atoms with Crippen LogP contribution in [0.2, 0.25) is 0 Å². The second-order valence-corrected chi connectivity index (χ2v) is 5.44. The summed E-state index contributed by atoms with van der Waals surface area (Å²) in [5.74, 6) is -0.375. The molecule has 0 radical (unpaired) electrons. The maximum absolute atomic E-state index is 12.5. The second-order valence-electron chi connectivity index (χ2n) is 5.44. The molecule has 1 aliphatic carbocycles. The van der Waals surface area contributed by atoms with Crippen LogP contribution >= 0.6 is 0 Å². The Kier molecular flexibility index (Phi) is 3.01. The second kappa shape index (κ2) is 4.53. The molecule has 0 N–H and O–H groups in total. The molecular formula is C13H19NO4. The number of carbonyl (C=O) groups excluding carboxylic acids is 2. The highest BCUT2D eigenvalue weighted by Gasteiger charge is 2.54. The number of hydrogen-bond acceptors (Lipinski definition) is 4. The number of nitrogens with zero attached hydrogens (tertiary/aromatic N) is 1. The Morgan fingerprint density at radius 1 is 1.22 bits per heavy atom. The zero-order valence-electron chi connectivity index (χ0n) is 10.5. The predicted octanol–water partition coefficient (Wildman–Crippen LogP) is 0.721. The molecule has 1 saturated carbocycles. The van der Waals surface area contributed by atoms with Gasteiger partial charge in [0, 0.05) is 13.1 Å². The monoisotopic (exact) mass is 253 g/mol. The highest BCUT2D eigenvalue weighted by atomic mass is 16.6. The molecule has 3 aliphatic rings. The molecule has 0 unspecified atom stereocenters. The van der Waals surface area contributed by atoms with E-state index in [9.17, 15) is 9.59 Å². The fraction of sp³-hybridized carbons (Fsp3) is 0.846. The van der Waals surface area contributed by atoms with Crippen molar-refractivity contribution in [2.75, 3.05) is 26.3 Å². The van der Waals surface area contributed by atoms with Crippen molar-refractivity contribution in [1.82, 2.24) is 4.90 Å². The lowest BCUT2D eigenvalue weighted by Crippen LogP contribution is -2.48. The Labute approximate surface area is 106 Å². The summed E-state index contributed by atoms with van der Waals surface area (Å²) in [6.45, 7) is 2.47. The minimum atomic E-state index is -0.480. The molecule has 0 aromatic heterocycles.